The van der Waals surface area contributed by atoms with E-state index in [4.69, 9.17) is 9.47 Å². The first-order valence-corrected chi connectivity index (χ1v) is 7.99. The Morgan fingerprint density at radius 3 is 2.33 bits per heavy atom. The second-order valence-electron chi connectivity index (χ2n) is 5.48. The Kier molecular flexibility index (Phi) is 5.84. The van der Waals surface area contributed by atoms with E-state index < -0.39 is 11.6 Å². The molecule has 0 aromatic heterocycles. The molecule has 0 radical (unpaired) electrons. The van der Waals surface area contributed by atoms with Gasteiger partial charge < -0.3 is 9.47 Å². The molecule has 0 saturated carbocycles. The number of thioether (sulfide) groups is 1. The van der Waals surface area contributed by atoms with Gasteiger partial charge in [-0.25, -0.2) is 4.79 Å². The molecule has 4 nitrogen and oxygen atoms in total. The number of hydrogen-bond acceptors (Lipinski definition) is 5. The second kappa shape index (κ2) is 6.98. The molecule has 21 heavy (non-hydrogen) atoms. The van der Waals surface area contributed by atoms with E-state index in [-0.39, 0.29) is 11.9 Å². The molecule has 0 aliphatic carbocycles. The third-order valence-corrected chi connectivity index (χ3v) is 3.54. The Morgan fingerprint density at radius 1 is 1.24 bits per heavy atom. The summed E-state index contributed by atoms with van der Waals surface area (Å²) in [6.07, 6.45) is 1.70. The molecule has 0 fully saturated rings. The maximum atomic E-state index is 12.0. The molecule has 0 bridgehead atoms. The summed E-state index contributed by atoms with van der Waals surface area (Å²) in [6.45, 7) is 8.44. The van der Waals surface area contributed by atoms with Crippen LogP contribution in [0.25, 0.3) is 0 Å². The maximum absolute atomic E-state index is 12.0. The van der Waals surface area contributed by atoms with E-state index in [2.05, 4.69) is 0 Å². The minimum absolute atomic E-state index is 0.00405. The van der Waals surface area contributed by atoms with Crippen LogP contribution in [0.3, 0.4) is 0 Å². The molecular weight excluding hydrogens is 288 g/mol. The first-order chi connectivity index (χ1) is 9.67. The molecule has 0 saturated heterocycles. The van der Waals surface area contributed by atoms with Gasteiger partial charge in [0, 0.05) is 10.5 Å². The number of esters is 1. The molecular formula is C16H22O4S. The van der Waals surface area contributed by atoms with Crippen molar-refractivity contribution in [3.05, 3.63) is 23.8 Å². The van der Waals surface area contributed by atoms with Crippen LogP contribution in [0.4, 0.5) is 0 Å². The zero-order valence-corrected chi connectivity index (χ0v) is 14.2. The molecule has 0 amide bonds. The van der Waals surface area contributed by atoms with E-state index >= 15 is 0 Å². The third kappa shape index (κ3) is 4.77. The van der Waals surface area contributed by atoms with Gasteiger partial charge in [-0.1, -0.05) is 0 Å². The summed E-state index contributed by atoms with van der Waals surface area (Å²) in [5.74, 6) is 0.123. The quantitative estimate of drug-likeness (QED) is 0.455. The summed E-state index contributed by atoms with van der Waals surface area (Å²) in [7, 11) is 0. The molecule has 116 valence electrons. The van der Waals surface area contributed by atoms with Gasteiger partial charge in [0.2, 0.25) is 0 Å². The van der Waals surface area contributed by atoms with Crippen molar-refractivity contribution >= 4 is 23.5 Å². The lowest BCUT2D eigenvalue weighted by atomic mass is 10.1. The number of benzene rings is 1. The van der Waals surface area contributed by atoms with E-state index in [9.17, 15) is 9.59 Å². The van der Waals surface area contributed by atoms with E-state index in [1.54, 1.807) is 45.9 Å². The van der Waals surface area contributed by atoms with Crippen LogP contribution in [-0.2, 0) is 9.53 Å². The molecule has 1 aromatic carbocycles. The van der Waals surface area contributed by atoms with Crippen molar-refractivity contribution in [2.45, 2.75) is 51.2 Å². The van der Waals surface area contributed by atoms with Crippen LogP contribution in [0.15, 0.2) is 23.1 Å². The van der Waals surface area contributed by atoms with E-state index in [0.717, 1.165) is 4.90 Å². The van der Waals surface area contributed by atoms with E-state index in [0.29, 0.717) is 11.3 Å². The molecule has 0 atom stereocenters. The SMILES string of the molecule is CSc1cc(OC(C)(C)C(=O)OC(C)C)ccc1C(C)=O. The van der Waals surface area contributed by atoms with Crippen LogP contribution >= 0.6 is 11.8 Å². The zero-order chi connectivity index (χ0) is 16.2. The number of carbonyl (C=O) groups is 2. The van der Waals surface area contributed by atoms with Crippen LogP contribution in [-0.4, -0.2) is 29.7 Å². The number of ether oxygens (including phenoxy) is 2. The van der Waals surface area contributed by atoms with Gasteiger partial charge in [0.1, 0.15) is 5.75 Å². The van der Waals surface area contributed by atoms with Gasteiger partial charge in [-0.15, -0.1) is 11.8 Å². The summed E-state index contributed by atoms with van der Waals surface area (Å²) < 4.78 is 10.9. The molecule has 0 aliphatic heterocycles. The van der Waals surface area contributed by atoms with Crippen LogP contribution in [0.5, 0.6) is 5.75 Å². The summed E-state index contributed by atoms with van der Waals surface area (Å²) in [5.41, 5.74) is -0.435. The number of Topliss-reactive ketones (excluding diaryl/α,β-unsaturated/α-hetero) is 1. The van der Waals surface area contributed by atoms with Gasteiger partial charge in [0.25, 0.3) is 0 Å². The van der Waals surface area contributed by atoms with Crippen molar-refractivity contribution in [2.75, 3.05) is 6.26 Å². The molecule has 1 rings (SSSR count). The summed E-state index contributed by atoms with van der Waals surface area (Å²) in [5, 5.41) is 0. The molecule has 0 aliphatic rings. The van der Waals surface area contributed by atoms with Crippen molar-refractivity contribution in [3.8, 4) is 5.75 Å². The highest BCUT2D eigenvalue weighted by Gasteiger charge is 2.32. The highest BCUT2D eigenvalue weighted by Crippen LogP contribution is 2.28. The highest BCUT2D eigenvalue weighted by molar-refractivity contribution is 7.98. The fourth-order valence-electron chi connectivity index (χ4n) is 1.72. The zero-order valence-electron chi connectivity index (χ0n) is 13.4. The van der Waals surface area contributed by atoms with Crippen LogP contribution in [0.2, 0.25) is 0 Å². The van der Waals surface area contributed by atoms with E-state index in [1.807, 2.05) is 6.26 Å². The predicted octanol–water partition coefficient (Wildman–Crippen LogP) is 3.72. The minimum atomic E-state index is -1.09. The van der Waals surface area contributed by atoms with Crippen molar-refractivity contribution < 1.29 is 19.1 Å². The van der Waals surface area contributed by atoms with Crippen LogP contribution in [0, 0.1) is 0 Å². The molecule has 0 heterocycles. The normalized spacial score (nSPS) is 11.4. The lowest BCUT2D eigenvalue weighted by molar-refractivity contribution is -0.163. The maximum Gasteiger partial charge on any atom is 0.350 e. The van der Waals surface area contributed by atoms with Crippen molar-refractivity contribution in [2.24, 2.45) is 0 Å². The lowest BCUT2D eigenvalue weighted by Gasteiger charge is -2.25. The van der Waals surface area contributed by atoms with E-state index in [1.165, 1.54) is 18.7 Å². The Bertz CT molecular complexity index is 535. The Hall–Kier alpha value is -1.49. The molecule has 0 spiro atoms. The first-order valence-electron chi connectivity index (χ1n) is 6.76. The van der Waals surface area contributed by atoms with Crippen LogP contribution in [0.1, 0.15) is 45.0 Å². The second-order valence-corrected chi connectivity index (χ2v) is 6.33. The van der Waals surface area contributed by atoms with Crippen molar-refractivity contribution in [1.82, 2.24) is 0 Å². The lowest BCUT2D eigenvalue weighted by Crippen LogP contribution is -2.40. The molecule has 0 N–H and O–H groups in total. The van der Waals surface area contributed by atoms with Gasteiger partial charge in [0.15, 0.2) is 11.4 Å². The standard InChI is InChI=1S/C16H22O4S/c1-10(2)19-15(18)16(4,5)20-12-7-8-13(11(3)17)14(9-12)21-6/h7-10H,1-6H3. The minimum Gasteiger partial charge on any atom is -0.476 e. The largest absolute Gasteiger partial charge is 0.476 e. The summed E-state index contributed by atoms with van der Waals surface area (Å²) >= 11 is 1.47. The number of carbonyl (C=O) groups excluding carboxylic acids is 2. The van der Waals surface area contributed by atoms with Gasteiger partial charge in [-0.2, -0.15) is 0 Å². The van der Waals surface area contributed by atoms with Gasteiger partial charge >= 0.3 is 5.97 Å². The number of ketones is 1. The van der Waals surface area contributed by atoms with Gasteiger partial charge in [0.05, 0.1) is 6.10 Å². The highest BCUT2D eigenvalue weighted by atomic mass is 32.2. The topological polar surface area (TPSA) is 52.6 Å². The first kappa shape index (κ1) is 17.6. The van der Waals surface area contributed by atoms with Crippen molar-refractivity contribution in [3.63, 3.8) is 0 Å². The number of hydrogen-bond donors (Lipinski definition) is 0. The fourth-order valence-corrected chi connectivity index (χ4v) is 2.38. The fraction of sp³-hybridized carbons (Fsp3) is 0.500. The summed E-state index contributed by atoms with van der Waals surface area (Å²) in [6, 6.07) is 5.18. The number of rotatable bonds is 6. The van der Waals surface area contributed by atoms with Gasteiger partial charge in [-0.3, -0.25) is 4.79 Å². The predicted molar refractivity (Wildman–Crippen MR) is 84.2 cm³/mol. The Balaban J connectivity index is 2.97. The molecule has 0 unspecified atom stereocenters. The average Bonchev–Trinajstić information content (AvgIpc) is 2.36. The summed E-state index contributed by atoms with van der Waals surface area (Å²) in [4.78, 5) is 24.4. The molecule has 1 aromatic rings. The third-order valence-electron chi connectivity index (χ3n) is 2.76. The smallest absolute Gasteiger partial charge is 0.350 e. The van der Waals surface area contributed by atoms with Gasteiger partial charge in [-0.05, 0) is 59.1 Å². The molecule has 5 heteroatoms. The monoisotopic (exact) mass is 310 g/mol. The Morgan fingerprint density at radius 2 is 1.86 bits per heavy atom. The van der Waals surface area contributed by atoms with Crippen molar-refractivity contribution in [1.29, 1.82) is 0 Å². The van der Waals surface area contributed by atoms with Crippen LogP contribution < -0.4 is 4.74 Å². The average molecular weight is 310 g/mol. The Labute approximate surface area is 130 Å².